The van der Waals surface area contributed by atoms with Gasteiger partial charge in [-0.05, 0) is 34.1 Å². The lowest BCUT2D eigenvalue weighted by Gasteiger charge is -2.24. The molecular weight excluding hydrogens is 332 g/mol. The molecule has 1 atom stereocenters. The lowest BCUT2D eigenvalue weighted by atomic mass is 10.1. The Morgan fingerprint density at radius 2 is 2.24 bits per heavy atom. The number of rotatable bonds is 4. The van der Waals surface area contributed by atoms with Crippen molar-refractivity contribution in [3.05, 3.63) is 28.9 Å². The highest BCUT2D eigenvalue weighted by molar-refractivity contribution is 9.10. The summed E-state index contributed by atoms with van der Waals surface area (Å²) in [7, 11) is 3.60. The number of halogens is 1. The summed E-state index contributed by atoms with van der Waals surface area (Å²) in [5.41, 5.74) is 8.51. The van der Waals surface area contributed by atoms with Crippen molar-refractivity contribution in [2.75, 3.05) is 31.3 Å². The number of nitrogens with one attached hydrogen (secondary N) is 1. The SMILES string of the molecule is CNC(=O)C(C)CN(C)c1ccc(N)c2cc(Br)cnc12. The summed E-state index contributed by atoms with van der Waals surface area (Å²) in [6.07, 6.45) is 1.75. The van der Waals surface area contributed by atoms with Crippen LogP contribution in [0.3, 0.4) is 0 Å². The summed E-state index contributed by atoms with van der Waals surface area (Å²) in [6.45, 7) is 2.51. The average Bonchev–Trinajstić information content (AvgIpc) is 2.47. The second kappa shape index (κ2) is 6.30. The lowest BCUT2D eigenvalue weighted by Crippen LogP contribution is -2.34. The molecule has 0 spiro atoms. The van der Waals surface area contributed by atoms with Gasteiger partial charge in [0.25, 0.3) is 0 Å². The second-order valence-electron chi connectivity index (χ2n) is 5.12. The highest BCUT2D eigenvalue weighted by Crippen LogP contribution is 2.30. The van der Waals surface area contributed by atoms with Crippen LogP contribution in [0.2, 0.25) is 0 Å². The Labute approximate surface area is 132 Å². The fourth-order valence-electron chi connectivity index (χ4n) is 2.35. The van der Waals surface area contributed by atoms with E-state index >= 15 is 0 Å². The Morgan fingerprint density at radius 3 is 2.90 bits per heavy atom. The van der Waals surface area contributed by atoms with Crippen LogP contribution in [0.5, 0.6) is 0 Å². The van der Waals surface area contributed by atoms with Crippen molar-refractivity contribution in [3.8, 4) is 0 Å². The number of fused-ring (bicyclic) bond motifs is 1. The number of hydrogen-bond donors (Lipinski definition) is 2. The Balaban J connectivity index is 2.38. The van der Waals surface area contributed by atoms with Crippen molar-refractivity contribution in [3.63, 3.8) is 0 Å². The Morgan fingerprint density at radius 1 is 1.52 bits per heavy atom. The standard InChI is InChI=1S/C15H19BrN4O/c1-9(15(21)18-2)8-20(3)13-5-4-12(17)11-6-10(16)7-19-14(11)13/h4-7,9H,8,17H2,1-3H3,(H,18,21). The van der Waals surface area contributed by atoms with Gasteiger partial charge in [-0.25, -0.2) is 0 Å². The van der Waals surface area contributed by atoms with Gasteiger partial charge in [0.1, 0.15) is 0 Å². The molecule has 6 heteroatoms. The number of benzene rings is 1. The molecule has 0 aliphatic rings. The number of carbonyl (C=O) groups is 1. The van der Waals surface area contributed by atoms with E-state index in [9.17, 15) is 4.79 Å². The number of nitrogens with zero attached hydrogens (tertiary/aromatic N) is 2. The molecule has 0 saturated heterocycles. The first-order valence-corrected chi connectivity index (χ1v) is 7.49. The van der Waals surface area contributed by atoms with E-state index in [0.717, 1.165) is 21.1 Å². The predicted octanol–water partition coefficient (Wildman–Crippen LogP) is 2.40. The molecule has 0 radical (unpaired) electrons. The lowest BCUT2D eigenvalue weighted by molar-refractivity contribution is -0.123. The molecule has 21 heavy (non-hydrogen) atoms. The number of carbonyl (C=O) groups excluding carboxylic acids is 1. The normalized spacial score (nSPS) is 12.2. The van der Waals surface area contributed by atoms with E-state index in [2.05, 4.69) is 26.2 Å². The Bertz CT molecular complexity index is 674. The molecular formula is C15H19BrN4O. The van der Waals surface area contributed by atoms with Gasteiger partial charge in [-0.1, -0.05) is 6.92 Å². The minimum absolute atomic E-state index is 0.0253. The van der Waals surface area contributed by atoms with Gasteiger partial charge in [-0.3, -0.25) is 9.78 Å². The maximum Gasteiger partial charge on any atom is 0.224 e. The number of pyridine rings is 1. The number of amides is 1. The molecule has 112 valence electrons. The molecule has 0 saturated carbocycles. The summed E-state index contributed by atoms with van der Waals surface area (Å²) < 4.78 is 0.889. The van der Waals surface area contributed by atoms with Gasteiger partial charge in [-0.2, -0.15) is 0 Å². The quantitative estimate of drug-likeness (QED) is 0.830. The van der Waals surface area contributed by atoms with Crippen molar-refractivity contribution in [2.24, 2.45) is 5.92 Å². The van der Waals surface area contributed by atoms with Crippen LogP contribution in [-0.2, 0) is 4.79 Å². The molecule has 3 N–H and O–H groups in total. The number of aromatic nitrogens is 1. The zero-order chi connectivity index (χ0) is 15.6. The van der Waals surface area contributed by atoms with Gasteiger partial charge in [0.2, 0.25) is 5.91 Å². The summed E-state index contributed by atoms with van der Waals surface area (Å²) in [5.74, 6) is -0.0830. The summed E-state index contributed by atoms with van der Waals surface area (Å²) in [6, 6.07) is 5.76. The molecule has 0 bridgehead atoms. The molecule has 1 unspecified atom stereocenters. The van der Waals surface area contributed by atoms with E-state index in [4.69, 9.17) is 5.73 Å². The third-order valence-corrected chi connectivity index (χ3v) is 3.92. The van der Waals surface area contributed by atoms with Crippen LogP contribution >= 0.6 is 15.9 Å². The largest absolute Gasteiger partial charge is 0.398 e. The maximum atomic E-state index is 11.7. The molecule has 1 amide bonds. The van der Waals surface area contributed by atoms with Crippen molar-refractivity contribution in [1.82, 2.24) is 10.3 Å². The van der Waals surface area contributed by atoms with E-state index in [-0.39, 0.29) is 11.8 Å². The molecule has 1 heterocycles. The molecule has 0 fully saturated rings. The topological polar surface area (TPSA) is 71.2 Å². The monoisotopic (exact) mass is 350 g/mol. The molecule has 1 aromatic carbocycles. The zero-order valence-corrected chi connectivity index (χ0v) is 13.9. The number of nitrogen functional groups attached to an aromatic ring is 1. The first kappa shape index (κ1) is 15.6. The van der Waals surface area contributed by atoms with Crippen LogP contribution < -0.4 is 16.0 Å². The molecule has 5 nitrogen and oxygen atoms in total. The van der Waals surface area contributed by atoms with E-state index in [1.807, 2.05) is 37.1 Å². The third kappa shape index (κ3) is 3.26. The third-order valence-electron chi connectivity index (χ3n) is 3.48. The van der Waals surface area contributed by atoms with E-state index in [1.54, 1.807) is 13.2 Å². The van der Waals surface area contributed by atoms with Crippen molar-refractivity contribution >= 4 is 44.1 Å². The minimum Gasteiger partial charge on any atom is -0.398 e. The fourth-order valence-corrected chi connectivity index (χ4v) is 2.68. The summed E-state index contributed by atoms with van der Waals surface area (Å²) in [4.78, 5) is 18.2. The van der Waals surface area contributed by atoms with Gasteiger partial charge in [0, 0.05) is 42.4 Å². The van der Waals surface area contributed by atoms with E-state index in [1.165, 1.54) is 0 Å². The number of nitrogens with two attached hydrogens (primary N) is 1. The van der Waals surface area contributed by atoms with Gasteiger partial charge in [-0.15, -0.1) is 0 Å². The van der Waals surface area contributed by atoms with Gasteiger partial charge < -0.3 is 16.0 Å². The maximum absolute atomic E-state index is 11.7. The molecule has 2 aromatic rings. The first-order chi connectivity index (χ1) is 9.93. The van der Waals surface area contributed by atoms with Crippen LogP contribution in [-0.4, -0.2) is 31.5 Å². The van der Waals surface area contributed by atoms with Crippen molar-refractivity contribution in [2.45, 2.75) is 6.92 Å². The molecule has 2 rings (SSSR count). The second-order valence-corrected chi connectivity index (χ2v) is 6.04. The average molecular weight is 351 g/mol. The van der Waals surface area contributed by atoms with Gasteiger partial charge >= 0.3 is 0 Å². The van der Waals surface area contributed by atoms with Crippen molar-refractivity contribution < 1.29 is 4.79 Å². The number of hydrogen-bond acceptors (Lipinski definition) is 4. The Kier molecular flexibility index (Phi) is 4.67. The van der Waals surface area contributed by atoms with E-state index in [0.29, 0.717) is 12.2 Å². The number of anilines is 2. The zero-order valence-electron chi connectivity index (χ0n) is 12.4. The first-order valence-electron chi connectivity index (χ1n) is 6.70. The smallest absolute Gasteiger partial charge is 0.224 e. The van der Waals surface area contributed by atoms with Crippen LogP contribution in [0.15, 0.2) is 28.9 Å². The highest BCUT2D eigenvalue weighted by Gasteiger charge is 2.16. The fraction of sp³-hybridized carbons (Fsp3) is 0.333. The Hall–Kier alpha value is -1.82. The van der Waals surface area contributed by atoms with Crippen LogP contribution in [0, 0.1) is 5.92 Å². The van der Waals surface area contributed by atoms with E-state index < -0.39 is 0 Å². The van der Waals surface area contributed by atoms with Gasteiger partial charge in [0.15, 0.2) is 0 Å². The molecule has 1 aromatic heterocycles. The predicted molar refractivity (Wildman–Crippen MR) is 90.4 cm³/mol. The van der Waals surface area contributed by atoms with Gasteiger partial charge in [0.05, 0.1) is 17.1 Å². The minimum atomic E-state index is -0.108. The summed E-state index contributed by atoms with van der Waals surface area (Å²) in [5, 5.41) is 3.57. The summed E-state index contributed by atoms with van der Waals surface area (Å²) >= 11 is 3.41. The highest BCUT2D eigenvalue weighted by atomic mass is 79.9. The van der Waals surface area contributed by atoms with Crippen LogP contribution in [0.25, 0.3) is 10.9 Å². The van der Waals surface area contributed by atoms with Crippen molar-refractivity contribution in [1.29, 1.82) is 0 Å². The van der Waals surface area contributed by atoms with Crippen LogP contribution in [0.1, 0.15) is 6.92 Å². The van der Waals surface area contributed by atoms with Crippen LogP contribution in [0.4, 0.5) is 11.4 Å². The molecule has 0 aliphatic carbocycles. The molecule has 0 aliphatic heterocycles.